The van der Waals surface area contributed by atoms with Gasteiger partial charge in [0, 0.05) is 5.56 Å². The fourth-order valence-electron chi connectivity index (χ4n) is 0.797. The molecule has 0 aliphatic rings. The number of halogens is 3. The highest BCUT2D eigenvalue weighted by atomic mass is 79.9. The van der Waals surface area contributed by atoms with Gasteiger partial charge in [-0.25, -0.2) is 0 Å². The maximum absolute atomic E-state index is 10.8. The molecule has 0 aliphatic carbocycles. The fourth-order valence-corrected chi connectivity index (χ4v) is 1.48. The molecule has 0 heterocycles. The predicted octanol–water partition coefficient (Wildman–Crippen LogP) is 3.85. The van der Waals surface area contributed by atoms with E-state index in [4.69, 9.17) is 11.6 Å². The van der Waals surface area contributed by atoms with Crippen molar-refractivity contribution < 1.29 is 4.79 Å². The van der Waals surface area contributed by atoms with Crippen LogP contribution in [0.15, 0.2) is 24.3 Å². The highest BCUT2D eigenvalue weighted by Gasteiger charge is 2.05. The van der Waals surface area contributed by atoms with E-state index in [1.165, 1.54) is 0 Å². The van der Waals surface area contributed by atoms with Crippen molar-refractivity contribution in [2.24, 2.45) is 0 Å². The van der Waals surface area contributed by atoms with Crippen LogP contribution in [0.5, 0.6) is 0 Å². The van der Waals surface area contributed by atoms with Gasteiger partial charge in [-0.05, 0) is 23.2 Å². The van der Waals surface area contributed by atoms with Crippen LogP contribution < -0.4 is 0 Å². The Labute approximate surface area is 92.4 Å². The van der Waals surface area contributed by atoms with Gasteiger partial charge in [0.05, 0.1) is 3.74 Å². The lowest BCUT2D eigenvalue weighted by Crippen LogP contribution is -1.90. The Kier molecular flexibility index (Phi) is 3.75. The highest BCUT2D eigenvalue weighted by Crippen LogP contribution is 2.29. The third kappa shape index (κ3) is 2.57. The van der Waals surface area contributed by atoms with E-state index in [-0.39, 0.29) is 3.74 Å². The van der Waals surface area contributed by atoms with Crippen molar-refractivity contribution in [3.05, 3.63) is 35.4 Å². The van der Waals surface area contributed by atoms with Gasteiger partial charge in [-0.1, -0.05) is 50.1 Å². The topological polar surface area (TPSA) is 17.1 Å². The Morgan fingerprint density at radius 2 is 2.08 bits per heavy atom. The smallest absolute Gasteiger partial charge is 0.252 e. The van der Waals surface area contributed by atoms with Crippen LogP contribution in [0.4, 0.5) is 0 Å². The Balaban J connectivity index is 3.04. The molecule has 0 N–H and O–H groups in total. The first-order valence-corrected chi connectivity index (χ1v) is 5.40. The normalized spacial score (nSPS) is 10.3. The predicted molar refractivity (Wildman–Crippen MR) is 57.2 cm³/mol. The second kappa shape index (κ2) is 4.40. The van der Waals surface area contributed by atoms with Crippen molar-refractivity contribution in [2.75, 3.05) is 0 Å². The van der Waals surface area contributed by atoms with Crippen molar-refractivity contribution in [3.8, 4) is 0 Å². The molecule has 0 aromatic heterocycles. The molecule has 0 saturated heterocycles. The summed E-state index contributed by atoms with van der Waals surface area (Å²) in [6, 6.07) is 7.11. The minimum atomic E-state index is -0.433. The molecule has 0 amide bonds. The number of benzene rings is 1. The summed E-state index contributed by atoms with van der Waals surface area (Å²) in [6.45, 7) is 0. The molecule has 1 rings (SSSR count). The summed E-state index contributed by atoms with van der Waals surface area (Å²) in [4.78, 5) is 10.8. The molecule has 0 aliphatic heterocycles. The molecule has 1 aromatic carbocycles. The van der Waals surface area contributed by atoms with Crippen LogP contribution in [-0.4, -0.2) is 5.24 Å². The molecule has 0 spiro atoms. The van der Waals surface area contributed by atoms with Crippen LogP contribution in [0.25, 0.3) is 0 Å². The minimum Gasteiger partial charge on any atom is -0.276 e. The van der Waals surface area contributed by atoms with Crippen LogP contribution in [0.3, 0.4) is 0 Å². The average Bonchev–Trinajstić information content (AvgIpc) is 2.04. The van der Waals surface area contributed by atoms with Crippen LogP contribution in [0, 0.1) is 0 Å². The summed E-state index contributed by atoms with van der Waals surface area (Å²) in [6.07, 6.45) is 0. The second-order valence-corrected chi connectivity index (χ2v) is 5.60. The van der Waals surface area contributed by atoms with Crippen LogP contribution in [0.1, 0.15) is 19.7 Å². The second-order valence-electron chi connectivity index (χ2n) is 2.20. The SMILES string of the molecule is O=C(Cl)c1cccc(C(Br)Br)c1. The highest BCUT2D eigenvalue weighted by molar-refractivity contribution is 9.24. The maximum atomic E-state index is 10.8. The van der Waals surface area contributed by atoms with Gasteiger partial charge in [0.2, 0.25) is 0 Å². The van der Waals surface area contributed by atoms with E-state index in [9.17, 15) is 4.79 Å². The standard InChI is InChI=1S/C8H5Br2ClO/c9-7(10)5-2-1-3-6(4-5)8(11)12/h1-4,7H. The zero-order chi connectivity index (χ0) is 9.14. The van der Waals surface area contributed by atoms with E-state index < -0.39 is 5.24 Å². The Bertz CT molecular complexity index is 299. The van der Waals surface area contributed by atoms with E-state index in [0.717, 1.165) is 5.56 Å². The van der Waals surface area contributed by atoms with Gasteiger partial charge >= 0.3 is 0 Å². The summed E-state index contributed by atoms with van der Waals surface area (Å²) in [5.41, 5.74) is 1.49. The zero-order valence-corrected chi connectivity index (χ0v) is 9.86. The van der Waals surface area contributed by atoms with E-state index in [2.05, 4.69) is 31.9 Å². The van der Waals surface area contributed by atoms with Crippen molar-refractivity contribution in [1.29, 1.82) is 0 Å². The number of carbonyl (C=O) groups excluding carboxylic acids is 1. The lowest BCUT2D eigenvalue weighted by molar-refractivity contribution is 0.108. The molecule has 0 radical (unpaired) electrons. The molecule has 12 heavy (non-hydrogen) atoms. The number of alkyl halides is 2. The number of carbonyl (C=O) groups is 1. The molecular formula is C8H5Br2ClO. The van der Waals surface area contributed by atoms with Gasteiger partial charge in [-0.3, -0.25) is 4.79 Å². The molecular weight excluding hydrogens is 307 g/mol. The number of rotatable bonds is 2. The van der Waals surface area contributed by atoms with Crippen LogP contribution in [0.2, 0.25) is 0 Å². The van der Waals surface area contributed by atoms with E-state index in [1.54, 1.807) is 18.2 Å². The summed E-state index contributed by atoms with van der Waals surface area (Å²) in [5.74, 6) is 0. The first kappa shape index (κ1) is 10.2. The maximum Gasteiger partial charge on any atom is 0.252 e. The Morgan fingerprint density at radius 1 is 1.42 bits per heavy atom. The monoisotopic (exact) mass is 310 g/mol. The molecule has 0 unspecified atom stereocenters. The molecule has 4 heteroatoms. The molecule has 64 valence electrons. The van der Waals surface area contributed by atoms with Crippen molar-refractivity contribution in [2.45, 2.75) is 3.74 Å². The molecule has 1 aromatic rings. The third-order valence-corrected chi connectivity index (χ3v) is 2.64. The molecule has 1 nitrogen and oxygen atoms in total. The van der Waals surface area contributed by atoms with Gasteiger partial charge in [-0.2, -0.15) is 0 Å². The molecule has 0 bridgehead atoms. The Morgan fingerprint density at radius 3 is 2.58 bits per heavy atom. The van der Waals surface area contributed by atoms with Crippen molar-refractivity contribution >= 4 is 48.7 Å². The van der Waals surface area contributed by atoms with E-state index in [0.29, 0.717) is 5.56 Å². The van der Waals surface area contributed by atoms with Crippen LogP contribution >= 0.6 is 43.5 Å². The van der Waals surface area contributed by atoms with Gasteiger partial charge < -0.3 is 0 Å². The summed E-state index contributed by atoms with van der Waals surface area (Å²) in [5, 5.41) is -0.433. The largest absolute Gasteiger partial charge is 0.276 e. The third-order valence-electron chi connectivity index (χ3n) is 1.37. The first-order chi connectivity index (χ1) is 5.61. The Hall–Kier alpha value is 0.140. The van der Waals surface area contributed by atoms with Gasteiger partial charge in [0.15, 0.2) is 0 Å². The average molecular weight is 312 g/mol. The van der Waals surface area contributed by atoms with Gasteiger partial charge in [0.25, 0.3) is 5.24 Å². The van der Waals surface area contributed by atoms with E-state index >= 15 is 0 Å². The molecule has 0 atom stereocenters. The van der Waals surface area contributed by atoms with Gasteiger partial charge in [0.1, 0.15) is 0 Å². The zero-order valence-electron chi connectivity index (χ0n) is 5.93. The fraction of sp³-hybridized carbons (Fsp3) is 0.125. The lowest BCUT2D eigenvalue weighted by atomic mass is 10.2. The molecule has 0 fully saturated rings. The summed E-state index contributed by atoms with van der Waals surface area (Å²) < 4.78 is 0.0565. The van der Waals surface area contributed by atoms with Crippen molar-refractivity contribution in [3.63, 3.8) is 0 Å². The quantitative estimate of drug-likeness (QED) is 0.599. The lowest BCUT2D eigenvalue weighted by Gasteiger charge is -2.02. The van der Waals surface area contributed by atoms with Crippen molar-refractivity contribution in [1.82, 2.24) is 0 Å². The minimum absolute atomic E-state index is 0.0565. The van der Waals surface area contributed by atoms with Crippen LogP contribution in [-0.2, 0) is 0 Å². The summed E-state index contributed by atoms with van der Waals surface area (Å²) in [7, 11) is 0. The molecule has 0 saturated carbocycles. The number of hydrogen-bond acceptors (Lipinski definition) is 1. The summed E-state index contributed by atoms with van der Waals surface area (Å²) >= 11 is 12.0. The number of hydrogen-bond donors (Lipinski definition) is 0. The van der Waals surface area contributed by atoms with Gasteiger partial charge in [-0.15, -0.1) is 0 Å². The first-order valence-electron chi connectivity index (χ1n) is 3.19. The van der Waals surface area contributed by atoms with E-state index in [1.807, 2.05) is 6.07 Å².